The molecule has 0 saturated heterocycles. The number of hydrogen-bond donors (Lipinski definition) is 0. The fourth-order valence-corrected chi connectivity index (χ4v) is 1.99. The Hall–Kier alpha value is -2.04. The molecule has 0 N–H and O–H groups in total. The molecule has 0 spiro atoms. The lowest BCUT2D eigenvalue weighted by Gasteiger charge is -2.19. The van der Waals surface area contributed by atoms with Crippen molar-refractivity contribution in [2.24, 2.45) is 0 Å². The van der Waals surface area contributed by atoms with E-state index < -0.39 is 5.82 Å². The van der Waals surface area contributed by atoms with Crippen molar-refractivity contribution in [3.05, 3.63) is 53.0 Å². The van der Waals surface area contributed by atoms with Gasteiger partial charge in [0.05, 0.1) is 5.69 Å². The van der Waals surface area contributed by atoms with Gasteiger partial charge in [-0.3, -0.25) is 0 Å². The molecule has 0 radical (unpaired) electrons. The van der Waals surface area contributed by atoms with Gasteiger partial charge >= 0.3 is 0 Å². The van der Waals surface area contributed by atoms with E-state index in [1.54, 1.807) is 24.9 Å². The van der Waals surface area contributed by atoms with E-state index in [1.807, 2.05) is 13.0 Å². The minimum Gasteiger partial charge on any atom is -0.353 e. The van der Waals surface area contributed by atoms with Crippen LogP contribution in [0.4, 0.5) is 14.6 Å². The van der Waals surface area contributed by atoms with Crippen LogP contribution in [0.3, 0.4) is 0 Å². The molecule has 0 unspecified atom stereocenters. The normalized spacial score (nSPS) is 10.7. The predicted molar refractivity (Wildman–Crippen MR) is 74.6 cm³/mol. The number of hydrogen-bond acceptors (Lipinski definition) is 3. The van der Waals surface area contributed by atoms with Crippen molar-refractivity contribution < 1.29 is 8.78 Å². The van der Waals surface area contributed by atoms with Crippen molar-refractivity contribution >= 4 is 5.82 Å². The molecule has 0 fully saturated rings. The third kappa shape index (κ3) is 2.92. The summed E-state index contributed by atoms with van der Waals surface area (Å²) in [6.07, 6.45) is 1.86. The quantitative estimate of drug-likeness (QED) is 0.859. The average molecular weight is 277 g/mol. The van der Waals surface area contributed by atoms with E-state index in [0.717, 1.165) is 5.56 Å². The molecule has 0 bridgehead atoms. The number of anilines is 1. The largest absolute Gasteiger partial charge is 0.353 e. The monoisotopic (exact) mass is 277 g/mol. The number of aromatic nitrogens is 2. The SMILES string of the molecule is CCc1ncnc(N(C)Cc2ccc(C)c(F)c2)c1F. The van der Waals surface area contributed by atoms with Gasteiger partial charge in [0.2, 0.25) is 0 Å². The van der Waals surface area contributed by atoms with Crippen LogP contribution in [0, 0.1) is 18.6 Å². The minimum absolute atomic E-state index is 0.234. The summed E-state index contributed by atoms with van der Waals surface area (Å²) >= 11 is 0. The van der Waals surface area contributed by atoms with Crippen LogP contribution in [0.15, 0.2) is 24.5 Å². The highest BCUT2D eigenvalue weighted by atomic mass is 19.1. The molecular weight excluding hydrogens is 260 g/mol. The zero-order valence-electron chi connectivity index (χ0n) is 11.8. The summed E-state index contributed by atoms with van der Waals surface area (Å²) in [4.78, 5) is 9.52. The zero-order valence-corrected chi connectivity index (χ0v) is 11.8. The van der Waals surface area contributed by atoms with Gasteiger partial charge in [0.25, 0.3) is 0 Å². The Morgan fingerprint density at radius 2 is 1.95 bits per heavy atom. The van der Waals surface area contributed by atoms with E-state index in [1.165, 1.54) is 12.4 Å². The van der Waals surface area contributed by atoms with Crippen LogP contribution in [0.25, 0.3) is 0 Å². The van der Waals surface area contributed by atoms with Gasteiger partial charge in [-0.05, 0) is 30.5 Å². The Morgan fingerprint density at radius 1 is 1.20 bits per heavy atom. The molecule has 0 amide bonds. The van der Waals surface area contributed by atoms with Crippen LogP contribution < -0.4 is 4.90 Å². The third-order valence-electron chi connectivity index (χ3n) is 3.20. The maximum Gasteiger partial charge on any atom is 0.187 e. The minimum atomic E-state index is -0.412. The molecule has 20 heavy (non-hydrogen) atoms. The molecule has 2 rings (SSSR count). The molecule has 5 heteroatoms. The van der Waals surface area contributed by atoms with E-state index >= 15 is 0 Å². The van der Waals surface area contributed by atoms with E-state index in [0.29, 0.717) is 24.2 Å². The second-order valence-corrected chi connectivity index (χ2v) is 4.75. The van der Waals surface area contributed by atoms with Crippen molar-refractivity contribution in [1.82, 2.24) is 9.97 Å². The van der Waals surface area contributed by atoms with Gasteiger partial charge in [0.1, 0.15) is 12.1 Å². The molecule has 3 nitrogen and oxygen atoms in total. The lowest BCUT2D eigenvalue weighted by molar-refractivity contribution is 0.587. The van der Waals surface area contributed by atoms with Crippen molar-refractivity contribution in [3.63, 3.8) is 0 Å². The van der Waals surface area contributed by atoms with E-state index in [4.69, 9.17) is 0 Å². The summed E-state index contributed by atoms with van der Waals surface area (Å²) < 4.78 is 27.6. The number of nitrogens with zero attached hydrogens (tertiary/aromatic N) is 3. The molecule has 0 aliphatic rings. The smallest absolute Gasteiger partial charge is 0.187 e. The first-order valence-corrected chi connectivity index (χ1v) is 6.48. The maximum absolute atomic E-state index is 14.1. The summed E-state index contributed by atoms with van der Waals surface area (Å²) in [6.45, 7) is 3.93. The van der Waals surface area contributed by atoms with Crippen LogP contribution in [0.5, 0.6) is 0 Å². The first-order valence-electron chi connectivity index (χ1n) is 6.48. The Balaban J connectivity index is 2.23. The summed E-state index contributed by atoms with van der Waals surface area (Å²) in [5.41, 5.74) is 1.75. The van der Waals surface area contributed by atoms with E-state index in [-0.39, 0.29) is 11.6 Å². The highest BCUT2D eigenvalue weighted by Crippen LogP contribution is 2.19. The Kier molecular flexibility index (Phi) is 4.27. The average Bonchev–Trinajstić information content (AvgIpc) is 2.43. The van der Waals surface area contributed by atoms with Crippen molar-refractivity contribution in [1.29, 1.82) is 0 Å². The summed E-state index contributed by atoms with van der Waals surface area (Å²) in [7, 11) is 1.72. The molecule has 0 aliphatic carbocycles. The van der Waals surface area contributed by atoms with Crippen LogP contribution in [0.2, 0.25) is 0 Å². The molecule has 106 valence electrons. The maximum atomic E-state index is 14.1. The Morgan fingerprint density at radius 3 is 2.60 bits per heavy atom. The summed E-state index contributed by atoms with van der Waals surface area (Å²) in [6, 6.07) is 5.01. The topological polar surface area (TPSA) is 29.0 Å². The number of halogens is 2. The summed E-state index contributed by atoms with van der Waals surface area (Å²) in [5, 5.41) is 0. The highest BCUT2D eigenvalue weighted by molar-refractivity contribution is 5.41. The van der Waals surface area contributed by atoms with E-state index in [9.17, 15) is 8.78 Å². The Labute approximate surface area is 117 Å². The number of aryl methyl sites for hydroxylation is 2. The van der Waals surface area contributed by atoms with Crippen LogP contribution in [-0.4, -0.2) is 17.0 Å². The molecule has 1 heterocycles. The van der Waals surface area contributed by atoms with Crippen molar-refractivity contribution in [3.8, 4) is 0 Å². The van der Waals surface area contributed by atoms with E-state index in [2.05, 4.69) is 9.97 Å². The van der Waals surface area contributed by atoms with Crippen molar-refractivity contribution in [2.75, 3.05) is 11.9 Å². The molecule has 0 aliphatic heterocycles. The number of benzene rings is 1. The molecule has 2 aromatic rings. The van der Waals surface area contributed by atoms with Gasteiger partial charge in [-0.2, -0.15) is 0 Å². The lowest BCUT2D eigenvalue weighted by atomic mass is 10.1. The van der Waals surface area contributed by atoms with Crippen LogP contribution >= 0.6 is 0 Å². The second kappa shape index (κ2) is 5.94. The Bertz CT molecular complexity index is 614. The van der Waals surface area contributed by atoms with Crippen molar-refractivity contribution in [2.45, 2.75) is 26.8 Å². The van der Waals surface area contributed by atoms with Gasteiger partial charge < -0.3 is 4.90 Å². The fourth-order valence-electron chi connectivity index (χ4n) is 1.99. The second-order valence-electron chi connectivity index (χ2n) is 4.75. The predicted octanol–water partition coefficient (Wildman–Crippen LogP) is 3.26. The number of rotatable bonds is 4. The first kappa shape index (κ1) is 14.4. The van der Waals surface area contributed by atoms with Crippen LogP contribution in [0.1, 0.15) is 23.7 Å². The first-order chi connectivity index (χ1) is 9.52. The van der Waals surface area contributed by atoms with Gasteiger partial charge in [-0.15, -0.1) is 0 Å². The van der Waals surface area contributed by atoms with Gasteiger partial charge in [-0.25, -0.2) is 18.7 Å². The standard InChI is InChI=1S/C15H17F2N3/c1-4-13-14(17)15(19-9-18-13)20(3)8-11-6-5-10(2)12(16)7-11/h5-7,9H,4,8H2,1-3H3. The van der Waals surface area contributed by atoms with Gasteiger partial charge in [-0.1, -0.05) is 19.1 Å². The lowest BCUT2D eigenvalue weighted by Crippen LogP contribution is -2.20. The fraction of sp³-hybridized carbons (Fsp3) is 0.333. The molecule has 0 atom stereocenters. The molecule has 1 aromatic heterocycles. The highest BCUT2D eigenvalue weighted by Gasteiger charge is 2.14. The summed E-state index contributed by atoms with van der Waals surface area (Å²) in [5.74, 6) is -0.434. The zero-order chi connectivity index (χ0) is 14.7. The van der Waals surface area contributed by atoms with Crippen LogP contribution in [-0.2, 0) is 13.0 Å². The molecule has 1 aromatic carbocycles. The molecular formula is C15H17F2N3. The van der Waals surface area contributed by atoms with Gasteiger partial charge in [0.15, 0.2) is 11.6 Å². The third-order valence-corrected chi connectivity index (χ3v) is 3.20. The molecule has 0 saturated carbocycles. The van der Waals surface area contributed by atoms with Gasteiger partial charge in [0, 0.05) is 13.6 Å².